The number of aryl methyl sites for hydroxylation is 1. The van der Waals surface area contributed by atoms with Gasteiger partial charge in [0.25, 0.3) is 0 Å². The van der Waals surface area contributed by atoms with Crippen LogP contribution >= 0.6 is 15.9 Å². The largest absolute Gasteiger partial charge is 0.270 e. The van der Waals surface area contributed by atoms with Crippen molar-refractivity contribution in [2.45, 2.75) is 25.9 Å². The summed E-state index contributed by atoms with van der Waals surface area (Å²) in [4.78, 5) is 8.14. The number of nitrogens with one attached hydrogen (secondary N) is 1. The molecule has 2 aromatic heterocycles. The summed E-state index contributed by atoms with van der Waals surface area (Å²) in [7, 11) is 0. The van der Waals surface area contributed by atoms with E-state index in [0.29, 0.717) is 0 Å². The maximum atomic E-state index is 5.66. The van der Waals surface area contributed by atoms with Crippen molar-refractivity contribution < 1.29 is 0 Å². The highest BCUT2D eigenvalue weighted by Gasteiger charge is 2.21. The highest BCUT2D eigenvalue weighted by molar-refractivity contribution is 9.10. The number of nitrogens with two attached hydrogens (primary N) is 1. The Balaban J connectivity index is 2.41. The molecule has 0 aliphatic carbocycles. The van der Waals surface area contributed by atoms with Crippen LogP contribution in [0.15, 0.2) is 29.3 Å². The highest BCUT2D eigenvalue weighted by Crippen LogP contribution is 2.26. The van der Waals surface area contributed by atoms with Crippen LogP contribution in [0.5, 0.6) is 0 Å². The normalized spacial score (nSPS) is 12.6. The van der Waals surface area contributed by atoms with Gasteiger partial charge in [0.2, 0.25) is 0 Å². The number of rotatable bonds is 5. The molecule has 7 heteroatoms. The van der Waals surface area contributed by atoms with E-state index < -0.39 is 0 Å². The van der Waals surface area contributed by atoms with E-state index in [9.17, 15) is 0 Å². The first kappa shape index (κ1) is 13.1. The number of hydrogen-bond donors (Lipinski definition) is 2. The lowest BCUT2D eigenvalue weighted by Gasteiger charge is -2.17. The molecule has 1 unspecified atom stereocenters. The van der Waals surface area contributed by atoms with Gasteiger partial charge in [-0.25, -0.2) is 15.4 Å². The zero-order chi connectivity index (χ0) is 13.0. The van der Waals surface area contributed by atoms with Crippen LogP contribution in [0.4, 0.5) is 0 Å². The van der Waals surface area contributed by atoms with Crippen LogP contribution in [0, 0.1) is 0 Å². The fourth-order valence-electron chi connectivity index (χ4n) is 1.82. The lowest BCUT2D eigenvalue weighted by Crippen LogP contribution is -2.31. The predicted octanol–water partition coefficient (Wildman–Crippen LogP) is 1.40. The van der Waals surface area contributed by atoms with E-state index in [4.69, 9.17) is 5.84 Å². The number of nitrogens with zero attached hydrogens (tertiary/aromatic N) is 4. The van der Waals surface area contributed by atoms with Crippen LogP contribution in [0.25, 0.3) is 0 Å². The molecule has 2 aromatic rings. The third kappa shape index (κ3) is 2.58. The van der Waals surface area contributed by atoms with Gasteiger partial charge < -0.3 is 0 Å². The smallest absolute Gasteiger partial charge is 0.115 e. The van der Waals surface area contributed by atoms with Crippen molar-refractivity contribution in [2.75, 3.05) is 0 Å². The Morgan fingerprint density at radius 3 is 3.00 bits per heavy atom. The lowest BCUT2D eigenvalue weighted by atomic mass is 10.1. The molecule has 0 spiro atoms. The van der Waals surface area contributed by atoms with Crippen molar-refractivity contribution in [3.63, 3.8) is 0 Å². The van der Waals surface area contributed by atoms with Crippen LogP contribution in [0.3, 0.4) is 0 Å². The standard InChI is InChI=1S/C11H15BrN6/c1-2-5-18-11(8(12)6-16-18)10(17-13)9-3-4-14-7-15-9/h3-4,6-7,10,17H,2,5,13H2,1H3. The Hall–Kier alpha value is -1.31. The second-order valence-corrected chi connectivity index (χ2v) is 4.69. The second kappa shape index (κ2) is 6.03. The fraction of sp³-hybridized carbons (Fsp3) is 0.364. The van der Waals surface area contributed by atoms with Gasteiger partial charge >= 0.3 is 0 Å². The maximum Gasteiger partial charge on any atom is 0.115 e. The first-order valence-electron chi connectivity index (χ1n) is 5.71. The maximum absolute atomic E-state index is 5.66. The third-order valence-electron chi connectivity index (χ3n) is 2.61. The number of aromatic nitrogens is 4. The Kier molecular flexibility index (Phi) is 4.40. The van der Waals surface area contributed by atoms with Gasteiger partial charge in [0.15, 0.2) is 0 Å². The van der Waals surface area contributed by atoms with Gasteiger partial charge in [0.05, 0.1) is 22.1 Å². The summed E-state index contributed by atoms with van der Waals surface area (Å²) in [5.74, 6) is 5.66. The SMILES string of the molecule is CCCn1ncc(Br)c1C(NN)c1ccncn1. The molecule has 2 heterocycles. The molecule has 6 nitrogen and oxygen atoms in total. The van der Waals surface area contributed by atoms with E-state index in [1.54, 1.807) is 12.4 Å². The molecule has 96 valence electrons. The Bertz CT molecular complexity index is 497. The number of hydrazine groups is 1. The molecular formula is C11H15BrN6. The van der Waals surface area contributed by atoms with Crippen molar-refractivity contribution in [3.8, 4) is 0 Å². The molecule has 0 aliphatic rings. The first-order valence-corrected chi connectivity index (χ1v) is 6.50. The molecular weight excluding hydrogens is 296 g/mol. The summed E-state index contributed by atoms with van der Waals surface area (Å²) in [5, 5.41) is 4.33. The molecule has 0 bridgehead atoms. The highest BCUT2D eigenvalue weighted by atomic mass is 79.9. The summed E-state index contributed by atoms with van der Waals surface area (Å²) < 4.78 is 2.84. The van der Waals surface area contributed by atoms with Gasteiger partial charge in [-0.15, -0.1) is 0 Å². The summed E-state index contributed by atoms with van der Waals surface area (Å²) in [6, 6.07) is 1.62. The molecule has 0 aromatic carbocycles. The number of halogens is 1. The number of hydrogen-bond acceptors (Lipinski definition) is 5. The fourth-order valence-corrected chi connectivity index (χ4v) is 2.35. The molecule has 3 N–H and O–H groups in total. The van der Waals surface area contributed by atoms with E-state index in [0.717, 1.165) is 28.8 Å². The second-order valence-electron chi connectivity index (χ2n) is 3.83. The quantitative estimate of drug-likeness (QED) is 0.644. The molecule has 18 heavy (non-hydrogen) atoms. The molecule has 0 fully saturated rings. The third-order valence-corrected chi connectivity index (χ3v) is 3.22. The van der Waals surface area contributed by atoms with Gasteiger partial charge in [-0.05, 0) is 28.4 Å². The molecule has 0 radical (unpaired) electrons. The zero-order valence-electron chi connectivity index (χ0n) is 10.0. The Labute approximate surface area is 114 Å². The van der Waals surface area contributed by atoms with Crippen molar-refractivity contribution in [1.82, 2.24) is 25.2 Å². The minimum Gasteiger partial charge on any atom is -0.270 e. The minimum atomic E-state index is -0.212. The lowest BCUT2D eigenvalue weighted by molar-refractivity contribution is 0.513. The molecule has 0 aliphatic heterocycles. The van der Waals surface area contributed by atoms with Crippen LogP contribution in [0.2, 0.25) is 0 Å². The van der Waals surface area contributed by atoms with Crippen molar-refractivity contribution in [1.29, 1.82) is 0 Å². The average Bonchev–Trinajstić information content (AvgIpc) is 2.75. The van der Waals surface area contributed by atoms with E-state index in [1.165, 1.54) is 6.33 Å². The van der Waals surface area contributed by atoms with Gasteiger partial charge in [-0.2, -0.15) is 5.10 Å². The van der Waals surface area contributed by atoms with Crippen LogP contribution in [-0.2, 0) is 6.54 Å². The van der Waals surface area contributed by atoms with E-state index in [-0.39, 0.29) is 6.04 Å². The topological polar surface area (TPSA) is 81.7 Å². The minimum absolute atomic E-state index is 0.212. The molecule has 0 amide bonds. The Morgan fingerprint density at radius 2 is 2.39 bits per heavy atom. The van der Waals surface area contributed by atoms with E-state index in [1.807, 2.05) is 10.7 Å². The van der Waals surface area contributed by atoms with Gasteiger partial charge in [-0.1, -0.05) is 6.92 Å². The molecule has 0 saturated carbocycles. The van der Waals surface area contributed by atoms with Crippen molar-refractivity contribution >= 4 is 15.9 Å². The summed E-state index contributed by atoms with van der Waals surface area (Å²) in [5.41, 5.74) is 4.56. The zero-order valence-corrected chi connectivity index (χ0v) is 11.6. The monoisotopic (exact) mass is 310 g/mol. The van der Waals surface area contributed by atoms with Crippen LogP contribution in [-0.4, -0.2) is 19.7 Å². The van der Waals surface area contributed by atoms with Crippen molar-refractivity contribution in [2.24, 2.45) is 5.84 Å². The summed E-state index contributed by atoms with van der Waals surface area (Å²) in [6.45, 7) is 2.94. The molecule has 0 saturated heterocycles. The first-order chi connectivity index (χ1) is 8.77. The van der Waals surface area contributed by atoms with Crippen molar-refractivity contribution in [3.05, 3.63) is 40.6 Å². The van der Waals surface area contributed by atoms with Crippen LogP contribution < -0.4 is 11.3 Å². The summed E-state index contributed by atoms with van der Waals surface area (Å²) >= 11 is 3.50. The van der Waals surface area contributed by atoms with E-state index in [2.05, 4.69) is 43.3 Å². The van der Waals surface area contributed by atoms with Gasteiger partial charge in [0.1, 0.15) is 12.4 Å². The Morgan fingerprint density at radius 1 is 1.56 bits per heavy atom. The molecule has 1 atom stereocenters. The van der Waals surface area contributed by atoms with Gasteiger partial charge in [0, 0.05) is 12.7 Å². The predicted molar refractivity (Wildman–Crippen MR) is 71.4 cm³/mol. The van der Waals surface area contributed by atoms with Crippen LogP contribution in [0.1, 0.15) is 30.8 Å². The average molecular weight is 311 g/mol. The summed E-state index contributed by atoms with van der Waals surface area (Å²) in [6.07, 6.45) is 5.98. The van der Waals surface area contributed by atoms with Gasteiger partial charge in [-0.3, -0.25) is 10.5 Å². The molecule has 2 rings (SSSR count). The van der Waals surface area contributed by atoms with E-state index >= 15 is 0 Å².